The molecule has 0 atom stereocenters. The summed E-state index contributed by atoms with van der Waals surface area (Å²) in [6, 6.07) is 33.7. The fourth-order valence-corrected chi connectivity index (χ4v) is 5.01. The average Bonchev–Trinajstić information content (AvgIpc) is 2.84. The van der Waals surface area contributed by atoms with Crippen molar-refractivity contribution in [1.29, 1.82) is 0 Å². The third kappa shape index (κ3) is 11.1. The Morgan fingerprint density at radius 3 is 1.38 bits per heavy atom. The molecule has 0 N–H and O–H groups in total. The number of benzene rings is 4. The van der Waals surface area contributed by atoms with E-state index < -0.39 is 7.81 Å². The number of ketones is 1. The van der Waals surface area contributed by atoms with Gasteiger partial charge in [0.05, 0.1) is 5.56 Å². The van der Waals surface area contributed by atoms with Gasteiger partial charge in [-0.05, 0) is 60.7 Å². The van der Waals surface area contributed by atoms with Crippen molar-refractivity contribution in [3.8, 4) is 5.75 Å². The molecule has 0 saturated carbocycles. The van der Waals surface area contributed by atoms with Crippen molar-refractivity contribution >= 4 is 19.6 Å². The van der Waals surface area contributed by atoms with Gasteiger partial charge in [-0.3, -0.25) is 4.79 Å². The Balaban J connectivity index is 0.000000479. The van der Waals surface area contributed by atoms with E-state index in [1.807, 2.05) is 97.1 Å². The molecule has 194 valence electrons. The Kier molecular flexibility index (Phi) is 8.14. The van der Waals surface area contributed by atoms with Gasteiger partial charge < -0.3 is 4.74 Å². The molecule has 0 aliphatic rings. The fourth-order valence-electron chi connectivity index (χ4n) is 2.85. The fraction of sp³-hybridized carbons (Fsp3) is 0. The van der Waals surface area contributed by atoms with Crippen LogP contribution in [0.4, 0.5) is 25.2 Å². The molecule has 4 aromatic carbocycles. The molecule has 0 aliphatic heterocycles. The third-order valence-electron chi connectivity index (χ3n) is 4.39. The molecule has 4 rings (SSSR count). The third-order valence-corrected chi connectivity index (χ3v) is 7.08. The Morgan fingerprint density at radius 2 is 0.919 bits per heavy atom. The molecule has 0 heterocycles. The first-order valence-electron chi connectivity index (χ1n) is 10.4. The summed E-state index contributed by atoms with van der Waals surface area (Å²) in [5.41, 5.74) is 1.91. The van der Waals surface area contributed by atoms with Gasteiger partial charge in [-0.25, -0.2) is 4.79 Å². The van der Waals surface area contributed by atoms with Crippen LogP contribution in [-0.2, 0) is 0 Å². The normalized spacial score (nSPS) is 12.8. The summed E-state index contributed by atoms with van der Waals surface area (Å²) in [6.07, 6.45) is 0. The number of halogens is 7. The summed E-state index contributed by atoms with van der Waals surface area (Å²) in [5.74, 6) is 0.196. The minimum absolute atomic E-state index is 0.0323. The first-order valence-corrected chi connectivity index (χ1v) is 14.6. The van der Waals surface area contributed by atoms with Gasteiger partial charge >= 0.3 is 60.2 Å². The number of hydrogen-bond acceptors (Lipinski definition) is 3. The Hall–Kier alpha value is -3.24. The number of esters is 1. The molecular formula is C26H18F6IO3P. The second-order valence-electron chi connectivity index (χ2n) is 7.46. The zero-order valence-corrected chi connectivity index (χ0v) is 21.8. The van der Waals surface area contributed by atoms with Crippen molar-refractivity contribution in [2.75, 3.05) is 0 Å². The molecule has 0 radical (unpaired) electrons. The number of carbonyl (C=O) groups excluding carboxylic acids is 2. The summed E-state index contributed by atoms with van der Waals surface area (Å²) in [4.78, 5) is 24.6. The molecule has 3 nitrogen and oxygen atoms in total. The van der Waals surface area contributed by atoms with Crippen molar-refractivity contribution in [3.63, 3.8) is 0 Å². The summed E-state index contributed by atoms with van der Waals surface area (Å²) < 4.78 is 67.0. The number of carbonyl (C=O) groups is 2. The average molecular weight is 650 g/mol. The van der Waals surface area contributed by atoms with Crippen LogP contribution in [0.25, 0.3) is 0 Å². The smallest absolute Gasteiger partial charge is 0.357 e. The van der Waals surface area contributed by atoms with Gasteiger partial charge in [0.2, 0.25) is 0 Å². The van der Waals surface area contributed by atoms with Crippen molar-refractivity contribution < 1.29 is 60.7 Å². The summed E-state index contributed by atoms with van der Waals surface area (Å²) in [5, 5.41) is 0. The topological polar surface area (TPSA) is 43.4 Å². The molecule has 11 heteroatoms. The molecule has 37 heavy (non-hydrogen) atoms. The van der Waals surface area contributed by atoms with Gasteiger partial charge in [0.1, 0.15) is 5.75 Å². The Morgan fingerprint density at radius 1 is 0.541 bits per heavy atom. The molecule has 0 aliphatic carbocycles. The van der Waals surface area contributed by atoms with Gasteiger partial charge in [-0.1, -0.05) is 48.5 Å². The van der Waals surface area contributed by atoms with Crippen molar-refractivity contribution in [3.05, 3.63) is 133 Å². The molecule has 0 spiro atoms. The minimum atomic E-state index is -10.7. The van der Waals surface area contributed by atoms with Gasteiger partial charge in [0.15, 0.2) is 12.9 Å². The molecule has 0 saturated heterocycles. The molecule has 0 fully saturated rings. The van der Waals surface area contributed by atoms with E-state index in [4.69, 9.17) is 4.74 Å². The summed E-state index contributed by atoms with van der Waals surface area (Å²) in [6.45, 7) is 0. The molecular weight excluding hydrogens is 632 g/mol. The number of ether oxygens (including phenoxy) is 1. The van der Waals surface area contributed by atoms with Gasteiger partial charge in [0, 0.05) is 11.1 Å². The Bertz CT molecular complexity index is 1350. The largest absolute Gasteiger partial charge is 0.423 e. The van der Waals surface area contributed by atoms with Crippen molar-refractivity contribution in [2.24, 2.45) is 0 Å². The van der Waals surface area contributed by atoms with E-state index >= 15 is 0 Å². The van der Waals surface area contributed by atoms with E-state index in [1.165, 1.54) is 7.14 Å². The van der Waals surface area contributed by atoms with E-state index in [0.717, 1.165) is 0 Å². The molecule has 0 unspecified atom stereocenters. The van der Waals surface area contributed by atoms with Gasteiger partial charge in [-0.2, -0.15) is 0 Å². The van der Waals surface area contributed by atoms with Crippen LogP contribution in [0, 0.1) is 7.14 Å². The molecule has 0 aromatic heterocycles. The van der Waals surface area contributed by atoms with Crippen molar-refractivity contribution in [1.82, 2.24) is 0 Å². The van der Waals surface area contributed by atoms with Crippen LogP contribution in [0.15, 0.2) is 109 Å². The van der Waals surface area contributed by atoms with E-state index in [1.54, 1.807) is 12.1 Å². The minimum Gasteiger partial charge on any atom is -0.423 e. The Labute approximate surface area is 218 Å². The number of rotatable bonds is 6. The standard InChI is InChI=1S/C26H18IO3.F6P/c28-25(19-7-3-1-4-8-19)20-11-13-22(14-12-20)27-23-15-17-24(18-16-23)30-26(29)21-9-5-2-6-10-21;1-7(2,3,4,5)6/h1-18H;/q+1;-1. The monoisotopic (exact) mass is 650 g/mol. The first kappa shape index (κ1) is 28.3. The van der Waals surface area contributed by atoms with Crippen LogP contribution in [0.1, 0.15) is 26.3 Å². The van der Waals surface area contributed by atoms with Gasteiger partial charge in [-0.15, -0.1) is 0 Å². The van der Waals surface area contributed by atoms with Crippen LogP contribution >= 0.6 is 7.81 Å². The van der Waals surface area contributed by atoms with E-state index in [2.05, 4.69) is 0 Å². The predicted molar refractivity (Wildman–Crippen MR) is 125 cm³/mol. The molecule has 4 aromatic rings. The SMILES string of the molecule is F[P-](F)(F)(F)(F)F.O=C(Oc1ccc([I+]c2ccc(C(=O)c3ccccc3)cc2)cc1)c1ccccc1. The maximum atomic E-state index is 12.5. The van der Waals surface area contributed by atoms with Crippen LogP contribution in [0.5, 0.6) is 5.75 Å². The quantitative estimate of drug-likeness (QED) is 0.0678. The van der Waals surface area contributed by atoms with Gasteiger partial charge in [0.25, 0.3) is 0 Å². The van der Waals surface area contributed by atoms with Crippen LogP contribution in [0.3, 0.4) is 0 Å². The van der Waals surface area contributed by atoms with E-state index in [0.29, 0.717) is 22.4 Å². The maximum absolute atomic E-state index is 12.5. The van der Waals surface area contributed by atoms with Crippen LogP contribution in [0.2, 0.25) is 0 Å². The van der Waals surface area contributed by atoms with Crippen LogP contribution < -0.4 is 25.9 Å². The van der Waals surface area contributed by atoms with E-state index in [-0.39, 0.29) is 33.0 Å². The zero-order chi connectivity index (χ0) is 27.2. The summed E-state index contributed by atoms with van der Waals surface area (Å²) >= 11 is -0.389. The van der Waals surface area contributed by atoms with Crippen molar-refractivity contribution in [2.45, 2.75) is 0 Å². The molecule has 0 amide bonds. The second-order valence-corrected chi connectivity index (χ2v) is 12.4. The second kappa shape index (κ2) is 10.6. The summed E-state index contributed by atoms with van der Waals surface area (Å²) in [7, 11) is -10.7. The number of hydrogen-bond donors (Lipinski definition) is 0. The van der Waals surface area contributed by atoms with Crippen LogP contribution in [-0.4, -0.2) is 11.8 Å². The predicted octanol–water partition coefficient (Wildman–Crippen LogP) is 5.65. The maximum Gasteiger partial charge on any atom is 0.357 e. The zero-order valence-electron chi connectivity index (χ0n) is 18.7. The first-order chi connectivity index (χ1) is 17.1. The van der Waals surface area contributed by atoms with E-state index in [9.17, 15) is 34.8 Å². The molecule has 0 bridgehead atoms.